The second kappa shape index (κ2) is 9.18. The van der Waals surface area contributed by atoms with Crippen molar-refractivity contribution in [2.45, 2.75) is 42.9 Å². The zero-order valence-corrected chi connectivity index (χ0v) is 18.8. The van der Waals surface area contributed by atoms with Gasteiger partial charge in [-0.1, -0.05) is 6.07 Å². The number of anilines is 1. The number of nitrogens with two attached hydrogens (primary N) is 1. The molecule has 2 heterocycles. The Morgan fingerprint density at radius 2 is 1.79 bits per heavy atom. The summed E-state index contributed by atoms with van der Waals surface area (Å²) >= 11 is 0. The van der Waals surface area contributed by atoms with Gasteiger partial charge in [0.15, 0.2) is 0 Å². The summed E-state index contributed by atoms with van der Waals surface area (Å²) in [5, 5.41) is 32.0. The number of sulfonamides is 1. The predicted molar refractivity (Wildman–Crippen MR) is 121 cm³/mol. The lowest BCUT2D eigenvalue weighted by Gasteiger charge is -2.34. The number of phenolic OH excluding ortho intramolecular Hbond substituents is 2. The van der Waals surface area contributed by atoms with Gasteiger partial charge >= 0.3 is 0 Å². The number of aliphatic hydroxyl groups excluding tert-OH is 1. The number of aromatic hydroxyl groups is 2. The number of likely N-dealkylation sites (tertiary alicyclic amines) is 1. The van der Waals surface area contributed by atoms with Gasteiger partial charge in [0.2, 0.25) is 15.9 Å². The van der Waals surface area contributed by atoms with Crippen molar-refractivity contribution in [1.29, 1.82) is 0 Å². The topological polar surface area (TPSA) is 156 Å². The number of rotatable bonds is 6. The Morgan fingerprint density at radius 3 is 2.45 bits per heavy atom. The van der Waals surface area contributed by atoms with Crippen LogP contribution in [0.4, 0.5) is 5.69 Å². The van der Waals surface area contributed by atoms with E-state index in [2.05, 4.69) is 5.32 Å². The highest BCUT2D eigenvalue weighted by Crippen LogP contribution is 2.35. The maximum atomic E-state index is 13.0. The third-order valence-corrected chi connectivity index (χ3v) is 7.99. The first-order chi connectivity index (χ1) is 15.7. The van der Waals surface area contributed by atoms with Crippen molar-refractivity contribution in [1.82, 2.24) is 9.21 Å². The van der Waals surface area contributed by atoms with Gasteiger partial charge in [-0.15, -0.1) is 0 Å². The molecule has 2 aliphatic heterocycles. The van der Waals surface area contributed by atoms with Gasteiger partial charge in [0, 0.05) is 44.0 Å². The number of amides is 1. The Kier molecular flexibility index (Phi) is 6.48. The standard InChI is InChI=1S/C22H28N4O6S/c23-19(13-27)22(30)25-7-5-16(6-8-25)24-17-2-1-14-11-26(12-15(14)9-17)33(31,32)21-4-3-18(28)10-20(21)29/h1-4,9-10,16,19,24,27-29H,5-8,11-13,23H2/t19-/m1/s1. The van der Waals surface area contributed by atoms with E-state index in [4.69, 9.17) is 10.8 Å². The second-order valence-corrected chi connectivity index (χ2v) is 10.3. The van der Waals surface area contributed by atoms with E-state index in [-0.39, 0.29) is 42.3 Å². The van der Waals surface area contributed by atoms with Crippen LogP contribution < -0.4 is 11.1 Å². The average Bonchev–Trinajstić information content (AvgIpc) is 3.23. The van der Waals surface area contributed by atoms with Crippen molar-refractivity contribution >= 4 is 21.6 Å². The summed E-state index contributed by atoms with van der Waals surface area (Å²) in [6.07, 6.45) is 1.48. The van der Waals surface area contributed by atoms with Gasteiger partial charge in [-0.2, -0.15) is 4.31 Å². The molecule has 0 unspecified atom stereocenters. The van der Waals surface area contributed by atoms with E-state index < -0.39 is 21.8 Å². The average molecular weight is 477 g/mol. The van der Waals surface area contributed by atoms with Crippen LogP contribution >= 0.6 is 0 Å². The molecule has 4 rings (SSSR count). The highest BCUT2D eigenvalue weighted by Gasteiger charge is 2.33. The van der Waals surface area contributed by atoms with Crippen LogP contribution in [0.2, 0.25) is 0 Å². The Hall–Kier alpha value is -2.86. The molecule has 0 bridgehead atoms. The highest BCUT2D eigenvalue weighted by atomic mass is 32.2. The predicted octanol–water partition coefficient (Wildman–Crippen LogP) is 0.525. The molecule has 0 saturated carbocycles. The number of piperidine rings is 1. The number of carbonyl (C=O) groups excluding carboxylic acids is 1. The number of phenols is 2. The van der Waals surface area contributed by atoms with Crippen LogP contribution in [-0.4, -0.2) is 70.6 Å². The smallest absolute Gasteiger partial charge is 0.247 e. The lowest BCUT2D eigenvalue weighted by Crippen LogP contribution is -2.50. The molecular formula is C22H28N4O6S. The van der Waals surface area contributed by atoms with E-state index in [1.54, 1.807) is 4.90 Å². The number of aliphatic hydroxyl groups is 1. The van der Waals surface area contributed by atoms with Crippen molar-refractivity contribution in [2.75, 3.05) is 25.0 Å². The molecule has 1 amide bonds. The summed E-state index contributed by atoms with van der Waals surface area (Å²) in [6.45, 7) is 1.11. The largest absolute Gasteiger partial charge is 0.508 e. The van der Waals surface area contributed by atoms with Crippen molar-refractivity contribution in [2.24, 2.45) is 5.73 Å². The maximum absolute atomic E-state index is 13.0. The third kappa shape index (κ3) is 4.76. The summed E-state index contributed by atoms with van der Waals surface area (Å²) < 4.78 is 27.3. The van der Waals surface area contributed by atoms with Crippen LogP contribution in [0.5, 0.6) is 11.5 Å². The maximum Gasteiger partial charge on any atom is 0.247 e. The van der Waals surface area contributed by atoms with Crippen molar-refractivity contribution in [3.8, 4) is 11.5 Å². The van der Waals surface area contributed by atoms with E-state index in [1.807, 2.05) is 18.2 Å². The van der Waals surface area contributed by atoms with Crippen molar-refractivity contribution < 1.29 is 28.5 Å². The number of nitrogens with zero attached hydrogens (tertiary/aromatic N) is 2. The molecule has 178 valence electrons. The highest BCUT2D eigenvalue weighted by molar-refractivity contribution is 7.89. The minimum absolute atomic E-state index is 0.160. The van der Waals surface area contributed by atoms with Crippen molar-refractivity contribution in [3.05, 3.63) is 47.5 Å². The molecule has 10 nitrogen and oxygen atoms in total. The zero-order valence-electron chi connectivity index (χ0n) is 18.0. The molecule has 0 spiro atoms. The van der Waals surface area contributed by atoms with Gasteiger partial charge in [-0.05, 0) is 48.2 Å². The van der Waals surface area contributed by atoms with Crippen LogP contribution in [0.3, 0.4) is 0 Å². The molecule has 2 aromatic carbocycles. The molecule has 1 atom stereocenters. The molecule has 2 aromatic rings. The molecule has 1 fully saturated rings. The van der Waals surface area contributed by atoms with Gasteiger partial charge in [-0.3, -0.25) is 4.79 Å². The molecule has 11 heteroatoms. The molecule has 2 aliphatic rings. The monoisotopic (exact) mass is 476 g/mol. The molecular weight excluding hydrogens is 448 g/mol. The van der Waals surface area contributed by atoms with Gasteiger partial charge in [0.1, 0.15) is 22.4 Å². The number of carbonyl (C=O) groups is 1. The summed E-state index contributed by atoms with van der Waals surface area (Å²) in [6, 6.07) is 8.44. The van der Waals surface area contributed by atoms with Gasteiger partial charge in [-0.25, -0.2) is 8.42 Å². The second-order valence-electron chi connectivity index (χ2n) is 8.44. The molecule has 1 saturated heterocycles. The van der Waals surface area contributed by atoms with Crippen molar-refractivity contribution in [3.63, 3.8) is 0 Å². The van der Waals surface area contributed by atoms with Crippen LogP contribution in [0.1, 0.15) is 24.0 Å². The SMILES string of the molecule is N[C@H](CO)C(=O)N1CCC(Nc2ccc3c(c2)CN(S(=O)(=O)c2ccc(O)cc2O)C3)CC1. The summed E-state index contributed by atoms with van der Waals surface area (Å²) in [5.41, 5.74) is 8.26. The lowest BCUT2D eigenvalue weighted by molar-refractivity contribution is -0.134. The van der Waals surface area contributed by atoms with Crippen LogP contribution in [0, 0.1) is 0 Å². The number of fused-ring (bicyclic) bond motifs is 1. The normalized spacial score (nSPS) is 18.2. The van der Waals surface area contributed by atoms with Crippen LogP contribution in [0.15, 0.2) is 41.3 Å². The first-order valence-electron chi connectivity index (χ1n) is 10.7. The number of nitrogens with one attached hydrogen (secondary N) is 1. The fourth-order valence-electron chi connectivity index (χ4n) is 4.28. The quantitative estimate of drug-likeness (QED) is 0.404. The Morgan fingerprint density at radius 1 is 1.09 bits per heavy atom. The van der Waals surface area contributed by atoms with Crippen LogP contribution in [-0.2, 0) is 27.9 Å². The van der Waals surface area contributed by atoms with E-state index in [1.165, 1.54) is 16.4 Å². The van der Waals surface area contributed by atoms with E-state index >= 15 is 0 Å². The lowest BCUT2D eigenvalue weighted by atomic mass is 10.0. The molecule has 0 aliphatic carbocycles. The van der Waals surface area contributed by atoms with Gasteiger partial charge in [0.25, 0.3) is 0 Å². The molecule has 0 radical (unpaired) electrons. The molecule has 0 aromatic heterocycles. The van der Waals surface area contributed by atoms with E-state index in [9.17, 15) is 23.4 Å². The first-order valence-corrected chi connectivity index (χ1v) is 12.2. The summed E-state index contributed by atoms with van der Waals surface area (Å²) in [7, 11) is -3.93. The van der Waals surface area contributed by atoms with E-state index in [0.29, 0.717) is 13.1 Å². The molecule has 6 N–H and O–H groups in total. The van der Waals surface area contributed by atoms with Crippen LogP contribution in [0.25, 0.3) is 0 Å². The molecule has 33 heavy (non-hydrogen) atoms. The van der Waals surface area contributed by atoms with Gasteiger partial charge < -0.3 is 31.3 Å². The minimum Gasteiger partial charge on any atom is -0.508 e. The number of hydrogen-bond acceptors (Lipinski definition) is 8. The van der Waals surface area contributed by atoms with E-state index in [0.717, 1.165) is 35.7 Å². The Labute approximate surface area is 192 Å². The summed E-state index contributed by atoms with van der Waals surface area (Å²) in [4.78, 5) is 13.5. The third-order valence-electron chi connectivity index (χ3n) is 6.15. The fraction of sp³-hybridized carbons (Fsp3) is 0.409. The minimum atomic E-state index is -3.93. The Balaban J connectivity index is 1.40. The van der Waals surface area contributed by atoms with Gasteiger partial charge in [0.05, 0.1) is 6.61 Å². The first kappa shape index (κ1) is 23.3. The zero-order chi connectivity index (χ0) is 23.8. The summed E-state index contributed by atoms with van der Waals surface area (Å²) in [5.74, 6) is -0.939. The Bertz CT molecular complexity index is 1150. The number of hydrogen-bond donors (Lipinski definition) is 5. The number of benzene rings is 2. The fourth-order valence-corrected chi connectivity index (χ4v) is 5.74.